The first-order valence-electron chi connectivity index (χ1n) is 6.49. The number of primary amides is 1. The van der Waals surface area contributed by atoms with Gasteiger partial charge in [0.1, 0.15) is 6.61 Å². The molecule has 0 atom stereocenters. The lowest BCUT2D eigenvalue weighted by Crippen LogP contribution is -2.22. The number of rotatable bonds is 6. The van der Waals surface area contributed by atoms with Gasteiger partial charge >= 0.3 is 5.97 Å². The quantitative estimate of drug-likeness (QED) is 0.794. The van der Waals surface area contributed by atoms with Crippen LogP contribution in [-0.4, -0.2) is 18.4 Å². The van der Waals surface area contributed by atoms with E-state index in [1.54, 1.807) is 24.3 Å². The number of carbonyl (C=O) groups excluding carboxylic acids is 2. The second kappa shape index (κ2) is 7.09. The van der Waals surface area contributed by atoms with Gasteiger partial charge in [-0.2, -0.15) is 0 Å². The number of hydrogen-bond acceptors (Lipinski definition) is 4. The molecule has 3 N–H and O–H groups in total. The van der Waals surface area contributed by atoms with Crippen molar-refractivity contribution in [1.82, 2.24) is 0 Å². The molecular formula is C16H16N2O3. The van der Waals surface area contributed by atoms with Gasteiger partial charge in [-0.05, 0) is 17.7 Å². The average Bonchev–Trinajstić information content (AvgIpc) is 2.52. The summed E-state index contributed by atoms with van der Waals surface area (Å²) in [6, 6.07) is 16.2. The number of ether oxygens (including phenoxy) is 1. The van der Waals surface area contributed by atoms with Gasteiger partial charge < -0.3 is 15.8 Å². The molecule has 1 amide bonds. The van der Waals surface area contributed by atoms with Crippen molar-refractivity contribution < 1.29 is 14.3 Å². The van der Waals surface area contributed by atoms with E-state index in [0.29, 0.717) is 11.3 Å². The summed E-state index contributed by atoms with van der Waals surface area (Å²) in [6.07, 6.45) is 0. The van der Waals surface area contributed by atoms with Crippen LogP contribution in [0.15, 0.2) is 54.6 Å². The van der Waals surface area contributed by atoms with Crippen molar-refractivity contribution in [3.05, 3.63) is 65.7 Å². The highest BCUT2D eigenvalue weighted by atomic mass is 16.5. The summed E-state index contributed by atoms with van der Waals surface area (Å²) in [6.45, 7) is 0.160. The molecule has 0 bridgehead atoms. The topological polar surface area (TPSA) is 81.4 Å². The maximum atomic E-state index is 12.1. The minimum atomic E-state index is -0.498. The lowest BCUT2D eigenvalue weighted by Gasteiger charge is -2.10. The number of nitrogens with two attached hydrogens (primary N) is 1. The Bertz CT molecular complexity index is 626. The van der Waals surface area contributed by atoms with E-state index >= 15 is 0 Å². The molecule has 5 nitrogen and oxygen atoms in total. The van der Waals surface area contributed by atoms with Crippen molar-refractivity contribution >= 4 is 17.6 Å². The van der Waals surface area contributed by atoms with Crippen LogP contribution in [0, 0.1) is 0 Å². The summed E-state index contributed by atoms with van der Waals surface area (Å²) in [5.74, 6) is -0.950. The van der Waals surface area contributed by atoms with Crippen LogP contribution < -0.4 is 11.1 Å². The highest BCUT2D eigenvalue weighted by Crippen LogP contribution is 2.16. The lowest BCUT2D eigenvalue weighted by atomic mass is 10.1. The Morgan fingerprint density at radius 2 is 1.67 bits per heavy atom. The zero-order chi connectivity index (χ0) is 15.1. The molecule has 0 fully saturated rings. The summed E-state index contributed by atoms with van der Waals surface area (Å²) < 4.78 is 5.27. The van der Waals surface area contributed by atoms with Gasteiger partial charge in [-0.15, -0.1) is 0 Å². The van der Waals surface area contributed by atoms with E-state index in [2.05, 4.69) is 5.32 Å². The van der Waals surface area contributed by atoms with Crippen molar-refractivity contribution in [3.63, 3.8) is 0 Å². The van der Waals surface area contributed by atoms with Crippen LogP contribution >= 0.6 is 0 Å². The van der Waals surface area contributed by atoms with Crippen molar-refractivity contribution in [1.29, 1.82) is 0 Å². The van der Waals surface area contributed by atoms with Crippen LogP contribution in [0.3, 0.4) is 0 Å². The van der Waals surface area contributed by atoms with Crippen LogP contribution in [0.25, 0.3) is 0 Å². The van der Waals surface area contributed by atoms with Gasteiger partial charge in [-0.25, -0.2) is 4.79 Å². The van der Waals surface area contributed by atoms with E-state index in [9.17, 15) is 9.59 Å². The normalized spacial score (nSPS) is 9.90. The summed E-state index contributed by atoms with van der Waals surface area (Å²) in [5, 5.41) is 2.82. The average molecular weight is 284 g/mol. The minimum absolute atomic E-state index is 0.0387. The molecule has 0 radical (unpaired) electrons. The molecule has 0 heterocycles. The zero-order valence-electron chi connectivity index (χ0n) is 11.4. The monoisotopic (exact) mass is 284 g/mol. The van der Waals surface area contributed by atoms with Crippen LogP contribution in [-0.2, 0) is 16.1 Å². The van der Waals surface area contributed by atoms with E-state index in [-0.39, 0.29) is 13.2 Å². The highest BCUT2D eigenvalue weighted by molar-refractivity contribution is 5.96. The third kappa shape index (κ3) is 4.35. The van der Waals surface area contributed by atoms with Gasteiger partial charge in [0.2, 0.25) is 5.91 Å². The SMILES string of the molecule is NC(=O)CNc1ccccc1C(=O)OCc1ccccc1. The smallest absolute Gasteiger partial charge is 0.340 e. The van der Waals surface area contributed by atoms with E-state index < -0.39 is 11.9 Å². The lowest BCUT2D eigenvalue weighted by molar-refractivity contribution is -0.116. The third-order valence-electron chi connectivity index (χ3n) is 2.81. The number of carbonyl (C=O) groups is 2. The fourth-order valence-corrected chi connectivity index (χ4v) is 1.80. The molecule has 5 heteroatoms. The molecule has 0 aromatic heterocycles. The van der Waals surface area contributed by atoms with Crippen LogP contribution in [0.5, 0.6) is 0 Å². The van der Waals surface area contributed by atoms with Gasteiger partial charge in [0.25, 0.3) is 0 Å². The molecule has 108 valence electrons. The van der Waals surface area contributed by atoms with Crippen molar-refractivity contribution in [2.24, 2.45) is 5.73 Å². The highest BCUT2D eigenvalue weighted by Gasteiger charge is 2.12. The Hall–Kier alpha value is -2.82. The first kappa shape index (κ1) is 14.6. The minimum Gasteiger partial charge on any atom is -0.457 e. The van der Waals surface area contributed by atoms with Crippen molar-refractivity contribution in [2.75, 3.05) is 11.9 Å². The Morgan fingerprint density at radius 3 is 2.38 bits per heavy atom. The first-order valence-corrected chi connectivity index (χ1v) is 6.49. The van der Waals surface area contributed by atoms with Gasteiger partial charge in [0.05, 0.1) is 12.1 Å². The Kier molecular flexibility index (Phi) is 4.93. The maximum absolute atomic E-state index is 12.1. The summed E-state index contributed by atoms with van der Waals surface area (Å²) in [4.78, 5) is 22.9. The largest absolute Gasteiger partial charge is 0.457 e. The molecule has 21 heavy (non-hydrogen) atoms. The molecule has 0 unspecified atom stereocenters. The van der Waals surface area contributed by atoms with E-state index in [0.717, 1.165) is 5.56 Å². The third-order valence-corrected chi connectivity index (χ3v) is 2.81. The van der Waals surface area contributed by atoms with Gasteiger partial charge in [-0.1, -0.05) is 42.5 Å². The summed E-state index contributed by atoms with van der Waals surface area (Å²) in [5.41, 5.74) is 6.89. The number of esters is 1. The molecule has 0 aliphatic heterocycles. The Morgan fingerprint density at radius 1 is 1.00 bits per heavy atom. The van der Waals surface area contributed by atoms with Gasteiger partial charge in [-0.3, -0.25) is 4.79 Å². The van der Waals surface area contributed by atoms with E-state index in [4.69, 9.17) is 10.5 Å². The van der Waals surface area contributed by atoms with Crippen LogP contribution in [0.2, 0.25) is 0 Å². The number of hydrogen-bond donors (Lipinski definition) is 2. The fourth-order valence-electron chi connectivity index (χ4n) is 1.80. The second-order valence-electron chi connectivity index (χ2n) is 4.43. The van der Waals surface area contributed by atoms with Crippen molar-refractivity contribution in [3.8, 4) is 0 Å². The molecule has 2 aromatic carbocycles. The number of benzene rings is 2. The second-order valence-corrected chi connectivity index (χ2v) is 4.43. The summed E-state index contributed by atoms with van der Waals surface area (Å²) in [7, 11) is 0. The van der Waals surface area contributed by atoms with Gasteiger partial charge in [0.15, 0.2) is 0 Å². The molecule has 0 saturated carbocycles. The predicted molar refractivity (Wildman–Crippen MR) is 79.7 cm³/mol. The molecule has 2 aromatic rings. The molecule has 0 aliphatic rings. The van der Waals surface area contributed by atoms with Crippen molar-refractivity contribution in [2.45, 2.75) is 6.61 Å². The number of para-hydroxylation sites is 1. The summed E-state index contributed by atoms with van der Waals surface area (Å²) >= 11 is 0. The zero-order valence-corrected chi connectivity index (χ0v) is 11.4. The molecular weight excluding hydrogens is 268 g/mol. The van der Waals surface area contributed by atoms with Crippen LogP contribution in [0.4, 0.5) is 5.69 Å². The molecule has 0 saturated heterocycles. The Labute approximate surface area is 122 Å². The number of amides is 1. The molecule has 2 rings (SSSR count). The number of anilines is 1. The molecule has 0 spiro atoms. The maximum Gasteiger partial charge on any atom is 0.340 e. The number of nitrogens with one attached hydrogen (secondary N) is 1. The van der Waals surface area contributed by atoms with Crippen LogP contribution in [0.1, 0.15) is 15.9 Å². The predicted octanol–water partition coefficient (Wildman–Crippen LogP) is 1.94. The standard InChI is InChI=1S/C16H16N2O3/c17-15(19)10-18-14-9-5-4-8-13(14)16(20)21-11-12-6-2-1-3-7-12/h1-9,18H,10-11H2,(H2,17,19). The Balaban J connectivity index is 2.03. The molecule has 0 aliphatic carbocycles. The van der Waals surface area contributed by atoms with E-state index in [1.807, 2.05) is 30.3 Å². The van der Waals surface area contributed by atoms with E-state index in [1.165, 1.54) is 0 Å². The first-order chi connectivity index (χ1) is 10.2. The van der Waals surface area contributed by atoms with Gasteiger partial charge in [0, 0.05) is 5.69 Å². The fraction of sp³-hybridized carbons (Fsp3) is 0.125.